The second-order valence-electron chi connectivity index (χ2n) is 4.70. The lowest BCUT2D eigenvalue weighted by Gasteiger charge is -2.05. The molecule has 25 heavy (non-hydrogen) atoms. The first-order valence-corrected chi connectivity index (χ1v) is 7.40. The van der Waals surface area contributed by atoms with Crippen LogP contribution in [-0.4, -0.2) is 30.8 Å². The molecular formula is C16H14ClN3O5. The third-order valence-electron chi connectivity index (χ3n) is 3.00. The fourth-order valence-corrected chi connectivity index (χ4v) is 2.11. The number of benzene rings is 2. The van der Waals surface area contributed by atoms with Crippen LogP contribution in [0.4, 0.5) is 5.69 Å². The Morgan fingerprint density at radius 3 is 2.76 bits per heavy atom. The molecule has 0 spiro atoms. The number of nitrogens with zero attached hydrogens (tertiary/aromatic N) is 2. The van der Waals surface area contributed by atoms with Gasteiger partial charge in [-0.15, -0.1) is 0 Å². The molecule has 8 nitrogen and oxygen atoms in total. The number of amides is 1. The highest BCUT2D eigenvalue weighted by atomic mass is 35.5. The Kier molecular flexibility index (Phi) is 6.30. The lowest BCUT2D eigenvalue weighted by molar-refractivity contribution is -0.385. The van der Waals surface area contributed by atoms with Gasteiger partial charge in [-0.3, -0.25) is 14.9 Å². The number of hydrogen-bond acceptors (Lipinski definition) is 6. The zero-order valence-corrected chi connectivity index (χ0v) is 13.9. The highest BCUT2D eigenvalue weighted by molar-refractivity contribution is 6.32. The quantitative estimate of drug-likeness (QED) is 0.463. The van der Waals surface area contributed by atoms with Gasteiger partial charge in [-0.05, 0) is 29.8 Å². The summed E-state index contributed by atoms with van der Waals surface area (Å²) in [7, 11) is 1.51. The van der Waals surface area contributed by atoms with E-state index in [0.717, 1.165) is 0 Å². The van der Waals surface area contributed by atoms with Crippen LogP contribution in [0.1, 0.15) is 5.56 Å². The summed E-state index contributed by atoms with van der Waals surface area (Å²) < 4.78 is 10.2. The molecule has 0 aromatic heterocycles. The van der Waals surface area contributed by atoms with Crippen molar-refractivity contribution in [3.05, 3.63) is 63.2 Å². The number of hydrazone groups is 1. The minimum atomic E-state index is -0.585. The van der Waals surface area contributed by atoms with E-state index in [1.54, 1.807) is 24.3 Å². The van der Waals surface area contributed by atoms with E-state index in [1.807, 2.05) is 0 Å². The highest BCUT2D eigenvalue weighted by Gasteiger charge is 2.14. The molecular weight excluding hydrogens is 350 g/mol. The zero-order valence-electron chi connectivity index (χ0n) is 13.1. The van der Waals surface area contributed by atoms with Gasteiger partial charge in [0.05, 0.1) is 23.3 Å². The Balaban J connectivity index is 1.89. The minimum absolute atomic E-state index is 0.00793. The molecule has 0 aliphatic heterocycles. The van der Waals surface area contributed by atoms with Crippen LogP contribution in [0.25, 0.3) is 0 Å². The molecule has 0 saturated carbocycles. The van der Waals surface area contributed by atoms with Crippen LogP contribution in [0.2, 0.25) is 5.02 Å². The maximum Gasteiger partial charge on any atom is 0.310 e. The fraction of sp³-hybridized carbons (Fsp3) is 0.125. The topological polar surface area (TPSA) is 103 Å². The van der Waals surface area contributed by atoms with E-state index < -0.39 is 17.4 Å². The summed E-state index contributed by atoms with van der Waals surface area (Å²) in [6.45, 7) is -0.411. The lowest BCUT2D eigenvalue weighted by atomic mass is 10.2. The Morgan fingerprint density at radius 1 is 1.32 bits per heavy atom. The lowest BCUT2D eigenvalue weighted by Crippen LogP contribution is -2.24. The standard InChI is InChI=1S/C16H14ClN3O5/c1-24-14-7-6-11(8-12(14)17)9-18-19-16(21)10-25-15-5-3-2-4-13(15)20(22)23/h2-9H,10H2,1H3,(H,19,21)/b18-9+. The minimum Gasteiger partial charge on any atom is -0.495 e. The predicted molar refractivity (Wildman–Crippen MR) is 92.3 cm³/mol. The van der Waals surface area contributed by atoms with Gasteiger partial charge >= 0.3 is 5.69 Å². The molecule has 1 N–H and O–H groups in total. The van der Waals surface area contributed by atoms with E-state index in [9.17, 15) is 14.9 Å². The van der Waals surface area contributed by atoms with Gasteiger partial charge in [0.2, 0.25) is 0 Å². The van der Waals surface area contributed by atoms with Gasteiger partial charge in [0.1, 0.15) is 5.75 Å². The molecule has 0 heterocycles. The van der Waals surface area contributed by atoms with E-state index in [1.165, 1.54) is 31.5 Å². The Morgan fingerprint density at radius 2 is 2.08 bits per heavy atom. The Bertz CT molecular complexity index is 810. The summed E-state index contributed by atoms with van der Waals surface area (Å²) in [5.41, 5.74) is 2.70. The largest absolute Gasteiger partial charge is 0.495 e. The molecule has 0 atom stereocenters. The number of carbonyl (C=O) groups excluding carboxylic acids is 1. The molecule has 2 aromatic carbocycles. The molecule has 0 bridgehead atoms. The molecule has 0 aliphatic rings. The molecule has 0 fully saturated rings. The Hall–Kier alpha value is -3.13. The predicted octanol–water partition coefficient (Wildman–Crippen LogP) is 2.79. The van der Waals surface area contributed by atoms with Crippen molar-refractivity contribution >= 4 is 29.4 Å². The van der Waals surface area contributed by atoms with Crippen molar-refractivity contribution in [2.24, 2.45) is 5.10 Å². The van der Waals surface area contributed by atoms with Crippen LogP contribution in [0.5, 0.6) is 11.5 Å². The number of nitro groups is 1. The average Bonchev–Trinajstić information content (AvgIpc) is 2.60. The van der Waals surface area contributed by atoms with Crippen LogP contribution in [-0.2, 0) is 4.79 Å². The van der Waals surface area contributed by atoms with Crippen LogP contribution < -0.4 is 14.9 Å². The van der Waals surface area contributed by atoms with Crippen LogP contribution in [0.15, 0.2) is 47.6 Å². The van der Waals surface area contributed by atoms with Crippen LogP contribution >= 0.6 is 11.6 Å². The van der Waals surface area contributed by atoms with Crippen molar-refractivity contribution < 1.29 is 19.2 Å². The molecule has 1 amide bonds. The van der Waals surface area contributed by atoms with Gasteiger partial charge in [-0.1, -0.05) is 23.7 Å². The second kappa shape index (κ2) is 8.65. The maximum atomic E-state index is 11.7. The molecule has 0 radical (unpaired) electrons. The SMILES string of the molecule is COc1ccc(/C=N/NC(=O)COc2ccccc2[N+](=O)[O-])cc1Cl. The van der Waals surface area contributed by atoms with E-state index in [2.05, 4.69) is 10.5 Å². The van der Waals surface area contributed by atoms with Gasteiger partial charge in [0.25, 0.3) is 5.91 Å². The molecule has 2 aromatic rings. The van der Waals surface area contributed by atoms with Crippen molar-refractivity contribution in [1.29, 1.82) is 0 Å². The number of halogens is 1. The summed E-state index contributed by atoms with van der Waals surface area (Å²) in [6.07, 6.45) is 1.40. The van der Waals surface area contributed by atoms with Crippen molar-refractivity contribution in [2.45, 2.75) is 0 Å². The summed E-state index contributed by atoms with van der Waals surface area (Å²) in [5.74, 6) is -0.0247. The summed E-state index contributed by atoms with van der Waals surface area (Å²) in [6, 6.07) is 10.8. The average molecular weight is 364 g/mol. The summed E-state index contributed by atoms with van der Waals surface area (Å²) in [5, 5.41) is 15.0. The maximum absolute atomic E-state index is 11.7. The summed E-state index contributed by atoms with van der Waals surface area (Å²) >= 11 is 5.98. The van der Waals surface area contributed by atoms with Crippen LogP contribution in [0.3, 0.4) is 0 Å². The van der Waals surface area contributed by atoms with Gasteiger partial charge in [-0.2, -0.15) is 5.10 Å². The normalized spacial score (nSPS) is 10.5. The first-order chi connectivity index (χ1) is 12.0. The zero-order chi connectivity index (χ0) is 18.2. The molecule has 9 heteroatoms. The van der Waals surface area contributed by atoms with Crippen molar-refractivity contribution in [3.63, 3.8) is 0 Å². The van der Waals surface area contributed by atoms with E-state index >= 15 is 0 Å². The number of nitrogens with one attached hydrogen (secondary N) is 1. The number of nitro benzene ring substituents is 1. The molecule has 0 unspecified atom stereocenters. The smallest absolute Gasteiger partial charge is 0.310 e. The van der Waals surface area contributed by atoms with E-state index in [4.69, 9.17) is 21.1 Å². The van der Waals surface area contributed by atoms with Gasteiger partial charge in [0, 0.05) is 6.07 Å². The number of para-hydroxylation sites is 2. The van der Waals surface area contributed by atoms with E-state index in [0.29, 0.717) is 16.3 Å². The van der Waals surface area contributed by atoms with Gasteiger partial charge in [0.15, 0.2) is 12.4 Å². The number of carbonyl (C=O) groups is 1. The monoisotopic (exact) mass is 363 g/mol. The second-order valence-corrected chi connectivity index (χ2v) is 5.11. The summed E-state index contributed by atoms with van der Waals surface area (Å²) in [4.78, 5) is 22.0. The van der Waals surface area contributed by atoms with Gasteiger partial charge in [-0.25, -0.2) is 5.43 Å². The molecule has 130 valence electrons. The van der Waals surface area contributed by atoms with Crippen molar-refractivity contribution in [1.82, 2.24) is 5.43 Å². The molecule has 0 aliphatic carbocycles. The Labute approximate surface area is 148 Å². The number of rotatable bonds is 7. The molecule has 0 saturated heterocycles. The molecule has 2 rings (SSSR count). The first kappa shape index (κ1) is 18.2. The van der Waals surface area contributed by atoms with E-state index in [-0.39, 0.29) is 11.4 Å². The van der Waals surface area contributed by atoms with Gasteiger partial charge < -0.3 is 9.47 Å². The van der Waals surface area contributed by atoms with Crippen LogP contribution in [0, 0.1) is 10.1 Å². The van der Waals surface area contributed by atoms with Crippen molar-refractivity contribution in [3.8, 4) is 11.5 Å². The number of hydrogen-bond donors (Lipinski definition) is 1. The third kappa shape index (κ3) is 5.18. The number of methoxy groups -OCH3 is 1. The van der Waals surface area contributed by atoms with Crippen molar-refractivity contribution in [2.75, 3.05) is 13.7 Å². The highest BCUT2D eigenvalue weighted by Crippen LogP contribution is 2.25. The third-order valence-corrected chi connectivity index (χ3v) is 3.29. The first-order valence-electron chi connectivity index (χ1n) is 7.03. The number of ether oxygens (including phenoxy) is 2. The fourth-order valence-electron chi connectivity index (χ4n) is 1.85.